The maximum Gasteiger partial charge on any atom is 0.291 e. The molecule has 0 unspecified atom stereocenters. The van der Waals surface area contributed by atoms with E-state index < -0.39 is 11.6 Å². The van der Waals surface area contributed by atoms with Gasteiger partial charge in [-0.1, -0.05) is 70.7 Å². The van der Waals surface area contributed by atoms with Crippen LogP contribution in [-0.4, -0.2) is 198 Å². The fourth-order valence-electron chi connectivity index (χ4n) is 14.2. The van der Waals surface area contributed by atoms with Crippen LogP contribution in [0.15, 0.2) is 85.2 Å². The molecule has 4 aliphatic rings. The number of nitrogens with zero attached hydrogens (tertiary/aromatic N) is 12. The lowest BCUT2D eigenvalue weighted by Crippen LogP contribution is -2.47. The van der Waals surface area contributed by atoms with Crippen LogP contribution in [0.25, 0.3) is 44.8 Å². The fraction of sp³-hybridized carbons (Fsp3) is 0.405. The van der Waals surface area contributed by atoms with Crippen LogP contribution in [0, 0.1) is 11.6 Å². The van der Waals surface area contributed by atoms with Gasteiger partial charge in [0, 0.05) is 200 Å². The Morgan fingerprint density at radius 1 is 0.559 bits per heavy atom. The minimum Gasteiger partial charge on any atom is -0.496 e. The highest BCUT2D eigenvalue weighted by atomic mass is 35.5. The third-order valence-corrected chi connectivity index (χ3v) is 21.4. The summed E-state index contributed by atoms with van der Waals surface area (Å²) in [4.78, 5) is 81.6. The van der Waals surface area contributed by atoms with Gasteiger partial charge in [-0.25, -0.2) is 18.7 Å². The molecule has 8 heterocycles. The van der Waals surface area contributed by atoms with E-state index in [0.29, 0.717) is 129 Å². The molecule has 0 atom stereocenters. The first-order valence-electron chi connectivity index (χ1n) is 33.9. The summed E-state index contributed by atoms with van der Waals surface area (Å²) in [6, 6.07) is 20.8. The Bertz CT molecular complexity index is 4170. The van der Waals surface area contributed by atoms with Gasteiger partial charge in [0.25, 0.3) is 11.8 Å². The van der Waals surface area contributed by atoms with Gasteiger partial charge in [0.05, 0.1) is 81.7 Å². The van der Waals surface area contributed by atoms with Crippen LogP contribution in [0.3, 0.4) is 0 Å². The molecular formula is C74H84Cl4F2N14O8. The number of nitrogens with one attached hydrogen (secondary N) is 2. The summed E-state index contributed by atoms with van der Waals surface area (Å²) in [5.74, 6) is -0.263. The largest absolute Gasteiger partial charge is 0.496 e. The van der Waals surface area contributed by atoms with Crippen LogP contribution < -0.4 is 20.1 Å². The number of piperidine rings is 2. The highest BCUT2D eigenvalue weighted by Crippen LogP contribution is 2.44. The van der Waals surface area contributed by atoms with Gasteiger partial charge in [-0.3, -0.25) is 48.7 Å². The van der Waals surface area contributed by atoms with E-state index in [2.05, 4.69) is 30.4 Å². The van der Waals surface area contributed by atoms with Crippen molar-refractivity contribution in [3.05, 3.63) is 162 Å². The fourth-order valence-corrected chi connectivity index (χ4v) is 15.4. The molecule has 4 aliphatic heterocycles. The summed E-state index contributed by atoms with van der Waals surface area (Å²) in [5, 5.41) is 25.5. The Hall–Kier alpha value is -8.14. The van der Waals surface area contributed by atoms with E-state index in [1.165, 1.54) is 26.4 Å². The first kappa shape index (κ1) is 75.0. The van der Waals surface area contributed by atoms with E-state index in [-0.39, 0.29) is 70.0 Å². The van der Waals surface area contributed by atoms with Crippen molar-refractivity contribution >= 4 is 81.4 Å². The Kier molecular flexibility index (Phi) is 24.3. The number of ether oxygens (including phenoxy) is 2. The molecule has 4 aromatic heterocycles. The van der Waals surface area contributed by atoms with Crippen LogP contribution in [0.4, 0.5) is 20.2 Å². The zero-order valence-corrected chi connectivity index (χ0v) is 61.4. The number of anilines is 2. The first-order valence-corrected chi connectivity index (χ1v) is 35.4. The average Bonchev–Trinajstić information content (AvgIpc) is 1.43. The summed E-state index contributed by atoms with van der Waals surface area (Å²) in [5.41, 5.74) is 9.06. The third-order valence-electron chi connectivity index (χ3n) is 19.8. The van der Waals surface area contributed by atoms with Gasteiger partial charge in [-0.05, 0) is 88.3 Å². The summed E-state index contributed by atoms with van der Waals surface area (Å²) in [6.07, 6.45) is 8.39. The Labute approximate surface area is 612 Å². The topological polar surface area (TPSA) is 232 Å². The van der Waals surface area contributed by atoms with Crippen LogP contribution >= 0.6 is 46.4 Å². The zero-order valence-electron chi connectivity index (χ0n) is 58.4. The van der Waals surface area contributed by atoms with Gasteiger partial charge in [0.1, 0.15) is 23.1 Å². The summed E-state index contributed by atoms with van der Waals surface area (Å²) in [7, 11) is 10.2. The number of carbonyl (C=O) groups is 4. The molecule has 12 rings (SSSR count). The molecule has 2 saturated heterocycles. The predicted molar refractivity (Wildman–Crippen MR) is 391 cm³/mol. The van der Waals surface area contributed by atoms with E-state index in [1.54, 1.807) is 111 Å². The highest BCUT2D eigenvalue weighted by molar-refractivity contribution is 6.40. The van der Waals surface area contributed by atoms with Crippen molar-refractivity contribution in [1.82, 2.24) is 58.5 Å². The van der Waals surface area contributed by atoms with Gasteiger partial charge in [0.15, 0.2) is 11.6 Å². The Morgan fingerprint density at radius 3 is 1.28 bits per heavy atom. The molecular weight excluding hydrogens is 1390 g/mol. The summed E-state index contributed by atoms with van der Waals surface area (Å²) < 4.78 is 45.6. The SMILES string of the molecule is COc1cc(-c2nccc(-c3cccc(NC(=O)c4nc5c(n4C)CCN(C4CCN(C(C)=O)CC4)C5)c3Cl)c2Cl)cc(F)c1CN(C)CCO.COc1cc(-c2nccc(-c3cccc(NC(=O)c4nc5c(n4C)CCN(C4CCN(C(C)=O)CC4)C5)c3Cl)c2Cl)cc(F)c1CN(C)CCO. The number of aromatic nitrogens is 6. The van der Waals surface area contributed by atoms with E-state index in [1.807, 2.05) is 33.0 Å². The molecule has 0 radical (unpaired) electrons. The number of methoxy groups -OCH3 is 2. The molecule has 102 heavy (non-hydrogen) atoms. The number of benzene rings is 4. The van der Waals surface area contributed by atoms with E-state index in [0.717, 1.165) is 101 Å². The maximum absolute atomic E-state index is 15.4. The Balaban J connectivity index is 0.000000205. The Morgan fingerprint density at radius 2 is 0.931 bits per heavy atom. The van der Waals surface area contributed by atoms with Crippen molar-refractivity contribution in [3.63, 3.8) is 0 Å². The van der Waals surface area contributed by atoms with Gasteiger partial charge in [-0.15, -0.1) is 0 Å². The lowest BCUT2D eigenvalue weighted by Gasteiger charge is -2.39. The number of likely N-dealkylation sites (tertiary alicyclic amines) is 2. The average molecular weight is 1480 g/mol. The lowest BCUT2D eigenvalue weighted by molar-refractivity contribution is -0.131. The first-order chi connectivity index (χ1) is 49.0. The molecule has 0 saturated carbocycles. The summed E-state index contributed by atoms with van der Waals surface area (Å²) >= 11 is 27.8. The zero-order chi connectivity index (χ0) is 72.8. The molecule has 0 bridgehead atoms. The van der Waals surface area contributed by atoms with Gasteiger partial charge < -0.3 is 49.3 Å². The number of aliphatic hydroxyl groups excluding tert-OH is 2. The monoisotopic (exact) mass is 1470 g/mol. The van der Waals surface area contributed by atoms with Crippen molar-refractivity contribution in [2.24, 2.45) is 14.1 Å². The van der Waals surface area contributed by atoms with E-state index in [9.17, 15) is 29.4 Å². The molecule has 540 valence electrons. The third kappa shape index (κ3) is 16.3. The standard InChI is InChI=1S/2C37H42Cl2FN7O4/c2*1-22(49)46-13-9-24(10-14-46)47-15-11-31-30(21-47)42-36(45(31)3)37(50)43-29-7-5-6-25(33(29)38)26-8-12-41-35(34(26)39)23-18-28(40)27(32(19-23)51-4)20-44(2)16-17-48/h2*5-8,12,18-19,24,48H,9-11,13-17,20-21H2,1-4H3,(H,43,50). The van der Waals surface area contributed by atoms with Crippen LogP contribution in [0.2, 0.25) is 20.1 Å². The number of hydrogen-bond acceptors (Lipinski definition) is 16. The molecule has 2 fully saturated rings. The van der Waals surface area contributed by atoms with Crippen LogP contribution in [-0.2, 0) is 62.7 Å². The lowest BCUT2D eigenvalue weighted by atomic mass is 10.00. The quantitative estimate of drug-likeness (QED) is 0.0556. The maximum atomic E-state index is 15.4. The van der Waals surface area contributed by atoms with Crippen molar-refractivity contribution < 1.29 is 47.6 Å². The van der Waals surface area contributed by atoms with E-state index in [4.69, 9.17) is 65.8 Å². The van der Waals surface area contributed by atoms with Crippen LogP contribution in [0.5, 0.6) is 11.5 Å². The number of likely N-dealkylation sites (N-methyl/N-ethyl adjacent to an activating group) is 2. The molecule has 4 N–H and O–H groups in total. The number of rotatable bonds is 20. The highest BCUT2D eigenvalue weighted by Gasteiger charge is 2.35. The minimum atomic E-state index is -0.487. The molecule has 0 aliphatic carbocycles. The van der Waals surface area contributed by atoms with Crippen molar-refractivity contribution in [2.45, 2.75) is 90.6 Å². The molecule has 22 nitrogen and oxygen atoms in total. The van der Waals surface area contributed by atoms with E-state index >= 15 is 8.78 Å². The second-order valence-electron chi connectivity index (χ2n) is 26.2. The molecule has 0 spiro atoms. The van der Waals surface area contributed by atoms with Gasteiger partial charge in [-0.2, -0.15) is 0 Å². The van der Waals surface area contributed by atoms with Gasteiger partial charge >= 0.3 is 0 Å². The number of imidazole rings is 2. The summed E-state index contributed by atoms with van der Waals surface area (Å²) in [6.45, 7) is 10.5. The number of fused-ring (bicyclic) bond motifs is 2. The number of hydrogen-bond donors (Lipinski definition) is 4. The number of aliphatic hydroxyl groups is 2. The minimum absolute atomic E-state index is 0.0486. The number of carbonyl (C=O) groups excluding carboxylic acids is 4. The number of amides is 4. The molecule has 28 heteroatoms. The normalized spacial score (nSPS) is 15.3. The molecule has 8 aromatic rings. The van der Waals surface area contributed by atoms with Crippen molar-refractivity contribution in [1.29, 1.82) is 0 Å². The van der Waals surface area contributed by atoms with Crippen molar-refractivity contribution in [2.75, 3.05) is 105 Å². The van der Waals surface area contributed by atoms with Crippen molar-refractivity contribution in [3.8, 4) is 56.3 Å². The smallest absolute Gasteiger partial charge is 0.291 e. The predicted octanol–water partition coefficient (Wildman–Crippen LogP) is 11.3. The molecule has 4 amide bonds. The molecule has 4 aromatic carbocycles. The van der Waals surface area contributed by atoms with Crippen LogP contribution in [0.1, 0.15) is 94.7 Å². The number of halogens is 6. The number of pyridine rings is 2. The second-order valence-corrected chi connectivity index (χ2v) is 27.7. The second kappa shape index (κ2) is 33.1. The van der Waals surface area contributed by atoms with Gasteiger partial charge in [0.2, 0.25) is 11.8 Å².